The Kier molecular flexibility index (Phi) is 3.83. The summed E-state index contributed by atoms with van der Waals surface area (Å²) in [7, 11) is 1.50. The van der Waals surface area contributed by atoms with Crippen molar-refractivity contribution in [2.75, 3.05) is 7.11 Å². The third-order valence-corrected chi connectivity index (χ3v) is 3.50. The Morgan fingerprint density at radius 1 is 1.50 bits per heavy atom. The van der Waals surface area contributed by atoms with Crippen molar-refractivity contribution in [1.29, 1.82) is 0 Å². The van der Waals surface area contributed by atoms with E-state index in [1.807, 2.05) is 0 Å². The zero-order valence-electron chi connectivity index (χ0n) is 9.21. The average molecular weight is 330 g/mol. The number of aromatic carboxylic acids is 1. The van der Waals surface area contributed by atoms with Crippen LogP contribution in [0.4, 0.5) is 0 Å². The van der Waals surface area contributed by atoms with Crippen LogP contribution in [0.1, 0.15) is 10.4 Å². The molecule has 1 N–H and O–H groups in total. The molecule has 1 heterocycles. The van der Waals surface area contributed by atoms with Crippen LogP contribution in [0.2, 0.25) is 0 Å². The van der Waals surface area contributed by atoms with E-state index < -0.39 is 5.97 Å². The second-order valence-electron chi connectivity index (χ2n) is 3.21. The molecule has 2 rings (SSSR count). The van der Waals surface area contributed by atoms with Gasteiger partial charge >= 0.3 is 5.97 Å². The maximum Gasteiger partial charge on any atom is 0.339 e. The predicted octanol–water partition coefficient (Wildman–Crippen LogP) is 3.40. The number of ether oxygens (including phenoxy) is 2. The zero-order valence-corrected chi connectivity index (χ0v) is 11.6. The number of aromatic nitrogens is 1. The molecule has 0 bridgehead atoms. The fourth-order valence-corrected chi connectivity index (χ4v) is 2.37. The Hall–Kier alpha value is -1.60. The first-order valence-electron chi connectivity index (χ1n) is 4.80. The highest BCUT2D eigenvalue weighted by molar-refractivity contribution is 9.10. The molecule has 0 aliphatic rings. The van der Waals surface area contributed by atoms with Gasteiger partial charge in [0.15, 0.2) is 0 Å². The minimum Gasteiger partial charge on any atom is -0.497 e. The molecule has 0 amide bonds. The number of carboxylic acid groups (broad SMARTS) is 1. The summed E-state index contributed by atoms with van der Waals surface area (Å²) in [5.74, 6) is -0.349. The number of benzene rings is 1. The van der Waals surface area contributed by atoms with Gasteiger partial charge in [-0.05, 0) is 28.1 Å². The van der Waals surface area contributed by atoms with Gasteiger partial charge in [-0.3, -0.25) is 0 Å². The van der Waals surface area contributed by atoms with Gasteiger partial charge in [0, 0.05) is 11.4 Å². The lowest BCUT2D eigenvalue weighted by Crippen LogP contribution is -2.00. The van der Waals surface area contributed by atoms with Crippen molar-refractivity contribution in [2.24, 2.45) is 0 Å². The van der Waals surface area contributed by atoms with Gasteiger partial charge in [0.1, 0.15) is 21.7 Å². The van der Waals surface area contributed by atoms with Crippen LogP contribution in [0.15, 0.2) is 28.2 Å². The van der Waals surface area contributed by atoms with Gasteiger partial charge in [-0.2, -0.15) is 4.98 Å². The summed E-state index contributed by atoms with van der Waals surface area (Å²) in [6.45, 7) is 0. The van der Waals surface area contributed by atoms with Gasteiger partial charge in [0.2, 0.25) is 0 Å². The highest BCUT2D eigenvalue weighted by atomic mass is 79.9. The van der Waals surface area contributed by atoms with E-state index in [1.54, 1.807) is 11.4 Å². The summed E-state index contributed by atoms with van der Waals surface area (Å²) in [4.78, 5) is 15.1. The number of nitrogens with zero attached hydrogens (tertiary/aromatic N) is 1. The Morgan fingerprint density at radius 3 is 2.83 bits per heavy atom. The third-order valence-electron chi connectivity index (χ3n) is 2.07. The Labute approximate surface area is 115 Å². The Morgan fingerprint density at radius 2 is 2.28 bits per heavy atom. The van der Waals surface area contributed by atoms with Crippen LogP contribution >= 0.6 is 27.3 Å². The molecular formula is C11H8BrNO4S. The molecule has 0 saturated carbocycles. The summed E-state index contributed by atoms with van der Waals surface area (Å²) < 4.78 is 11.1. The van der Waals surface area contributed by atoms with Crippen molar-refractivity contribution in [2.45, 2.75) is 0 Å². The van der Waals surface area contributed by atoms with Crippen LogP contribution < -0.4 is 9.47 Å². The lowest BCUT2D eigenvalue weighted by atomic mass is 10.2. The monoisotopic (exact) mass is 329 g/mol. The standard InChI is InChI=1S/C11H8BrNO4S/c1-16-6-2-3-7(10(14)15)8(4-6)17-11-13-9(12)5-18-11/h2-5H,1H3,(H,14,15). The first-order valence-corrected chi connectivity index (χ1v) is 6.47. The molecule has 7 heteroatoms. The molecule has 94 valence electrons. The SMILES string of the molecule is COc1ccc(C(=O)O)c(Oc2nc(Br)cs2)c1. The van der Waals surface area contributed by atoms with Gasteiger partial charge in [0.25, 0.3) is 5.19 Å². The van der Waals surface area contributed by atoms with Crippen LogP contribution in [0.5, 0.6) is 16.7 Å². The van der Waals surface area contributed by atoms with Crippen LogP contribution in [0, 0.1) is 0 Å². The first-order chi connectivity index (χ1) is 8.60. The lowest BCUT2D eigenvalue weighted by molar-refractivity contribution is 0.0694. The number of carboxylic acids is 1. The van der Waals surface area contributed by atoms with Crippen LogP contribution in [0.3, 0.4) is 0 Å². The second kappa shape index (κ2) is 5.36. The van der Waals surface area contributed by atoms with Gasteiger partial charge in [-0.25, -0.2) is 4.79 Å². The Balaban J connectivity index is 2.37. The smallest absolute Gasteiger partial charge is 0.339 e. The zero-order chi connectivity index (χ0) is 13.1. The molecule has 2 aromatic rings. The quantitative estimate of drug-likeness (QED) is 0.930. The van der Waals surface area contributed by atoms with Crippen molar-refractivity contribution >= 4 is 33.2 Å². The molecule has 1 aromatic carbocycles. The fraction of sp³-hybridized carbons (Fsp3) is 0.0909. The largest absolute Gasteiger partial charge is 0.497 e. The van der Waals surface area contributed by atoms with Crippen molar-refractivity contribution in [1.82, 2.24) is 4.98 Å². The molecule has 0 unspecified atom stereocenters. The summed E-state index contributed by atoms with van der Waals surface area (Å²) >= 11 is 4.46. The second-order valence-corrected chi connectivity index (χ2v) is 4.84. The van der Waals surface area contributed by atoms with Gasteiger partial charge in [-0.15, -0.1) is 0 Å². The molecule has 0 aliphatic carbocycles. The molecule has 0 atom stereocenters. The van der Waals surface area contributed by atoms with E-state index in [0.29, 0.717) is 15.5 Å². The molecule has 1 aromatic heterocycles. The fourth-order valence-electron chi connectivity index (χ4n) is 1.27. The number of hydrogen-bond acceptors (Lipinski definition) is 5. The van der Waals surface area contributed by atoms with Crippen LogP contribution in [-0.2, 0) is 0 Å². The van der Waals surface area contributed by atoms with Gasteiger partial charge in [0.05, 0.1) is 7.11 Å². The minimum absolute atomic E-state index is 0.0575. The number of rotatable bonds is 4. The van der Waals surface area contributed by atoms with E-state index in [-0.39, 0.29) is 11.3 Å². The van der Waals surface area contributed by atoms with E-state index in [1.165, 1.54) is 30.6 Å². The number of carbonyl (C=O) groups is 1. The third kappa shape index (κ3) is 2.80. The van der Waals surface area contributed by atoms with E-state index in [2.05, 4.69) is 20.9 Å². The predicted molar refractivity (Wildman–Crippen MR) is 69.8 cm³/mol. The van der Waals surface area contributed by atoms with Gasteiger partial charge < -0.3 is 14.6 Å². The molecule has 0 saturated heterocycles. The van der Waals surface area contributed by atoms with Crippen molar-refractivity contribution in [3.05, 3.63) is 33.7 Å². The maximum atomic E-state index is 11.1. The normalized spacial score (nSPS) is 10.1. The van der Waals surface area contributed by atoms with Crippen LogP contribution in [-0.4, -0.2) is 23.2 Å². The summed E-state index contributed by atoms with van der Waals surface area (Å²) in [6, 6.07) is 4.51. The van der Waals surface area contributed by atoms with E-state index in [0.717, 1.165) is 0 Å². The van der Waals surface area contributed by atoms with Crippen molar-refractivity contribution in [3.8, 4) is 16.7 Å². The van der Waals surface area contributed by atoms with Crippen molar-refractivity contribution < 1.29 is 19.4 Å². The van der Waals surface area contributed by atoms with Crippen molar-refractivity contribution in [3.63, 3.8) is 0 Å². The minimum atomic E-state index is -1.07. The van der Waals surface area contributed by atoms with E-state index in [9.17, 15) is 4.79 Å². The molecule has 5 nitrogen and oxygen atoms in total. The maximum absolute atomic E-state index is 11.1. The number of methoxy groups -OCH3 is 1. The number of thiazole rings is 1. The van der Waals surface area contributed by atoms with E-state index in [4.69, 9.17) is 14.6 Å². The van der Waals surface area contributed by atoms with Crippen LogP contribution in [0.25, 0.3) is 0 Å². The highest BCUT2D eigenvalue weighted by Crippen LogP contribution is 2.32. The molecule has 18 heavy (non-hydrogen) atoms. The summed E-state index contributed by atoms with van der Waals surface area (Å²) in [5, 5.41) is 11.2. The average Bonchev–Trinajstić information content (AvgIpc) is 2.74. The topological polar surface area (TPSA) is 68.7 Å². The summed E-state index contributed by atoms with van der Waals surface area (Å²) in [6.07, 6.45) is 0. The van der Waals surface area contributed by atoms with Gasteiger partial charge in [-0.1, -0.05) is 11.3 Å². The highest BCUT2D eigenvalue weighted by Gasteiger charge is 2.14. The summed E-state index contributed by atoms with van der Waals surface area (Å²) in [5.41, 5.74) is 0.0575. The molecular weight excluding hydrogens is 322 g/mol. The molecule has 0 fully saturated rings. The van der Waals surface area contributed by atoms with E-state index >= 15 is 0 Å². The first kappa shape index (κ1) is 12.8. The molecule has 0 spiro atoms. The lowest BCUT2D eigenvalue weighted by Gasteiger charge is -2.07. The molecule has 0 aliphatic heterocycles. The number of hydrogen-bond donors (Lipinski definition) is 1. The number of halogens is 1. The molecule has 0 radical (unpaired) electrons. The Bertz CT molecular complexity index is 584.